The zero-order valence-electron chi connectivity index (χ0n) is 9.69. The van der Waals surface area contributed by atoms with Crippen molar-refractivity contribution in [2.24, 2.45) is 5.92 Å². The van der Waals surface area contributed by atoms with Gasteiger partial charge in [0.2, 0.25) is 0 Å². The second kappa shape index (κ2) is 6.93. The molecule has 3 nitrogen and oxygen atoms in total. The van der Waals surface area contributed by atoms with Crippen LogP contribution in [0.2, 0.25) is 0 Å². The fraction of sp³-hybridized carbons (Fsp3) is 0.727. The standard InChI is InChI=1S/C11H20N2OS/c1-9(8-14-3)6-12-7-10(2)11-13-4-5-15-11/h4-5,9-10,12H,6-8H2,1-3H3. The summed E-state index contributed by atoms with van der Waals surface area (Å²) in [5.41, 5.74) is 0. The molecule has 0 aliphatic heterocycles. The topological polar surface area (TPSA) is 34.1 Å². The number of aromatic nitrogens is 1. The minimum absolute atomic E-state index is 0.500. The van der Waals surface area contributed by atoms with Gasteiger partial charge >= 0.3 is 0 Å². The number of hydrogen-bond acceptors (Lipinski definition) is 4. The summed E-state index contributed by atoms with van der Waals surface area (Å²) in [6, 6.07) is 0. The molecule has 0 saturated heterocycles. The summed E-state index contributed by atoms with van der Waals surface area (Å²) in [6.45, 7) is 7.20. The van der Waals surface area contributed by atoms with E-state index in [0.717, 1.165) is 19.7 Å². The van der Waals surface area contributed by atoms with E-state index in [9.17, 15) is 0 Å². The molecule has 0 aliphatic rings. The molecule has 0 aromatic carbocycles. The van der Waals surface area contributed by atoms with E-state index in [-0.39, 0.29) is 0 Å². The number of ether oxygens (including phenoxy) is 1. The lowest BCUT2D eigenvalue weighted by atomic mass is 10.1. The Morgan fingerprint density at radius 1 is 1.47 bits per heavy atom. The van der Waals surface area contributed by atoms with Crippen LogP contribution >= 0.6 is 11.3 Å². The summed E-state index contributed by atoms with van der Waals surface area (Å²) in [6.07, 6.45) is 1.87. The Labute approximate surface area is 95.9 Å². The number of methoxy groups -OCH3 is 1. The van der Waals surface area contributed by atoms with Gasteiger partial charge in [-0.25, -0.2) is 4.98 Å². The van der Waals surface area contributed by atoms with Gasteiger partial charge in [-0.15, -0.1) is 11.3 Å². The molecular formula is C11H20N2OS. The quantitative estimate of drug-likeness (QED) is 0.776. The van der Waals surface area contributed by atoms with Crippen LogP contribution in [0.4, 0.5) is 0 Å². The zero-order valence-corrected chi connectivity index (χ0v) is 10.5. The molecule has 0 fully saturated rings. The number of rotatable bonds is 7. The van der Waals surface area contributed by atoms with Crippen molar-refractivity contribution in [3.8, 4) is 0 Å². The molecule has 0 saturated carbocycles. The normalized spacial score (nSPS) is 15.1. The third kappa shape index (κ3) is 4.73. The lowest BCUT2D eigenvalue weighted by Gasteiger charge is -2.13. The highest BCUT2D eigenvalue weighted by molar-refractivity contribution is 7.09. The van der Waals surface area contributed by atoms with E-state index in [1.54, 1.807) is 18.4 Å². The second-order valence-corrected chi connectivity index (χ2v) is 4.92. The average Bonchev–Trinajstić information content (AvgIpc) is 2.70. The van der Waals surface area contributed by atoms with E-state index >= 15 is 0 Å². The van der Waals surface area contributed by atoms with Gasteiger partial charge in [-0.05, 0) is 12.5 Å². The Balaban J connectivity index is 2.15. The first-order valence-corrected chi connectivity index (χ1v) is 6.21. The average molecular weight is 228 g/mol. The molecular weight excluding hydrogens is 208 g/mol. The van der Waals surface area contributed by atoms with E-state index in [1.807, 2.05) is 11.6 Å². The van der Waals surface area contributed by atoms with Gasteiger partial charge in [0.15, 0.2) is 0 Å². The van der Waals surface area contributed by atoms with Crippen LogP contribution in [0.15, 0.2) is 11.6 Å². The maximum Gasteiger partial charge on any atom is 0.0965 e. The van der Waals surface area contributed by atoms with E-state index in [2.05, 4.69) is 24.1 Å². The molecule has 4 heteroatoms. The summed E-state index contributed by atoms with van der Waals surface area (Å²) in [7, 11) is 1.74. The number of thiazole rings is 1. The number of nitrogens with one attached hydrogen (secondary N) is 1. The van der Waals surface area contributed by atoms with Crippen molar-refractivity contribution in [1.29, 1.82) is 0 Å². The number of hydrogen-bond donors (Lipinski definition) is 1. The lowest BCUT2D eigenvalue weighted by Crippen LogP contribution is -2.27. The molecule has 15 heavy (non-hydrogen) atoms. The maximum atomic E-state index is 5.08. The third-order valence-electron chi connectivity index (χ3n) is 2.27. The summed E-state index contributed by atoms with van der Waals surface area (Å²) < 4.78 is 5.08. The Morgan fingerprint density at radius 3 is 2.87 bits per heavy atom. The summed E-state index contributed by atoms with van der Waals surface area (Å²) >= 11 is 1.72. The van der Waals surface area contributed by atoms with Gasteiger partial charge in [0, 0.05) is 37.8 Å². The van der Waals surface area contributed by atoms with Crippen molar-refractivity contribution in [3.63, 3.8) is 0 Å². The van der Waals surface area contributed by atoms with Crippen molar-refractivity contribution in [2.75, 3.05) is 26.8 Å². The fourth-order valence-electron chi connectivity index (χ4n) is 1.45. The molecule has 0 aliphatic carbocycles. The SMILES string of the molecule is COCC(C)CNCC(C)c1nccs1. The molecule has 2 unspecified atom stereocenters. The molecule has 2 atom stereocenters. The van der Waals surface area contributed by atoms with Crippen molar-refractivity contribution >= 4 is 11.3 Å². The lowest BCUT2D eigenvalue weighted by molar-refractivity contribution is 0.158. The second-order valence-electron chi connectivity index (χ2n) is 3.99. The maximum absolute atomic E-state index is 5.08. The monoisotopic (exact) mass is 228 g/mol. The predicted octanol–water partition coefficient (Wildman–Crippen LogP) is 2.12. The van der Waals surface area contributed by atoms with Gasteiger partial charge in [-0.3, -0.25) is 0 Å². The number of nitrogens with zero attached hydrogens (tertiary/aromatic N) is 1. The van der Waals surface area contributed by atoms with Gasteiger partial charge in [-0.1, -0.05) is 13.8 Å². The first-order valence-electron chi connectivity index (χ1n) is 5.33. The van der Waals surface area contributed by atoms with E-state index < -0.39 is 0 Å². The van der Waals surface area contributed by atoms with Gasteiger partial charge in [0.1, 0.15) is 0 Å². The summed E-state index contributed by atoms with van der Waals surface area (Å²) in [5.74, 6) is 1.07. The molecule has 1 heterocycles. The molecule has 1 N–H and O–H groups in total. The smallest absolute Gasteiger partial charge is 0.0965 e. The Hall–Kier alpha value is -0.450. The minimum atomic E-state index is 0.500. The first kappa shape index (κ1) is 12.6. The van der Waals surface area contributed by atoms with Crippen molar-refractivity contribution in [1.82, 2.24) is 10.3 Å². The van der Waals surface area contributed by atoms with E-state index in [1.165, 1.54) is 5.01 Å². The highest BCUT2D eigenvalue weighted by Crippen LogP contribution is 2.16. The van der Waals surface area contributed by atoms with Crippen LogP contribution in [0, 0.1) is 5.92 Å². The fourth-order valence-corrected chi connectivity index (χ4v) is 2.15. The van der Waals surface area contributed by atoms with Crippen molar-refractivity contribution < 1.29 is 4.74 Å². The highest BCUT2D eigenvalue weighted by atomic mass is 32.1. The predicted molar refractivity (Wildman–Crippen MR) is 64.4 cm³/mol. The van der Waals surface area contributed by atoms with Crippen LogP contribution in [-0.4, -0.2) is 31.8 Å². The van der Waals surface area contributed by atoms with Crippen LogP contribution in [0.5, 0.6) is 0 Å². The minimum Gasteiger partial charge on any atom is -0.384 e. The van der Waals surface area contributed by atoms with Crippen LogP contribution in [0.3, 0.4) is 0 Å². The van der Waals surface area contributed by atoms with Gasteiger partial charge in [0.25, 0.3) is 0 Å². The van der Waals surface area contributed by atoms with Gasteiger partial charge in [0.05, 0.1) is 5.01 Å². The Morgan fingerprint density at radius 2 is 2.27 bits per heavy atom. The van der Waals surface area contributed by atoms with E-state index in [0.29, 0.717) is 11.8 Å². The van der Waals surface area contributed by atoms with Crippen molar-refractivity contribution in [3.05, 3.63) is 16.6 Å². The van der Waals surface area contributed by atoms with Crippen LogP contribution in [-0.2, 0) is 4.74 Å². The molecule has 1 aromatic heterocycles. The largest absolute Gasteiger partial charge is 0.384 e. The van der Waals surface area contributed by atoms with E-state index in [4.69, 9.17) is 4.74 Å². The molecule has 1 aromatic rings. The van der Waals surface area contributed by atoms with Crippen LogP contribution < -0.4 is 5.32 Å². The molecule has 1 rings (SSSR count). The third-order valence-corrected chi connectivity index (χ3v) is 3.27. The van der Waals surface area contributed by atoms with Gasteiger partial charge in [-0.2, -0.15) is 0 Å². The van der Waals surface area contributed by atoms with Gasteiger partial charge < -0.3 is 10.1 Å². The molecule has 0 radical (unpaired) electrons. The van der Waals surface area contributed by atoms with Crippen molar-refractivity contribution in [2.45, 2.75) is 19.8 Å². The molecule has 0 spiro atoms. The Bertz CT molecular complexity index is 251. The highest BCUT2D eigenvalue weighted by Gasteiger charge is 2.08. The molecule has 0 bridgehead atoms. The summed E-state index contributed by atoms with van der Waals surface area (Å²) in [4.78, 5) is 4.30. The van der Waals surface area contributed by atoms with Crippen LogP contribution in [0.25, 0.3) is 0 Å². The molecule has 0 amide bonds. The van der Waals surface area contributed by atoms with Crippen LogP contribution in [0.1, 0.15) is 24.8 Å². The summed E-state index contributed by atoms with van der Waals surface area (Å²) in [5, 5.41) is 6.68. The first-order chi connectivity index (χ1) is 7.24. The Kier molecular flexibility index (Phi) is 5.83. The zero-order chi connectivity index (χ0) is 11.1. The molecule has 86 valence electrons.